The third-order valence-corrected chi connectivity index (χ3v) is 5.93. The molecule has 1 aliphatic heterocycles. The number of carbonyl (C=O) groups excluding carboxylic acids is 2. The number of allylic oxidation sites excluding steroid dienone is 1. The molecule has 4 aromatic rings. The van der Waals surface area contributed by atoms with Gasteiger partial charge in [-0.05, 0) is 55.5 Å². The van der Waals surface area contributed by atoms with Gasteiger partial charge in [-0.1, -0.05) is 12.1 Å². The Morgan fingerprint density at radius 1 is 1.00 bits per heavy atom. The van der Waals surface area contributed by atoms with Crippen LogP contribution in [0.25, 0.3) is 17.0 Å². The van der Waals surface area contributed by atoms with Crippen LogP contribution in [0.1, 0.15) is 33.2 Å². The Hall–Kier alpha value is -4.52. The quantitative estimate of drug-likeness (QED) is 0.210. The first kappa shape index (κ1) is 22.3. The summed E-state index contributed by atoms with van der Waals surface area (Å²) < 4.78 is 24.1. The number of esters is 1. The minimum atomic E-state index is -0.566. The molecule has 0 spiro atoms. The van der Waals surface area contributed by atoms with Crippen molar-refractivity contribution >= 4 is 28.7 Å². The lowest BCUT2D eigenvalue weighted by atomic mass is 10.1. The van der Waals surface area contributed by atoms with Crippen molar-refractivity contribution in [2.45, 2.75) is 13.5 Å². The zero-order valence-electron chi connectivity index (χ0n) is 19.5. The fraction of sp³-hybridized carbons (Fsp3) is 0.143. The summed E-state index contributed by atoms with van der Waals surface area (Å²) in [6.45, 7) is 2.84. The van der Waals surface area contributed by atoms with E-state index in [1.165, 1.54) is 7.11 Å². The number of hydrogen-bond donors (Lipinski definition) is 0. The second-order valence-corrected chi connectivity index (χ2v) is 7.94. The maximum atomic E-state index is 13.0. The lowest BCUT2D eigenvalue weighted by Crippen LogP contribution is -2.10. The van der Waals surface area contributed by atoms with Crippen molar-refractivity contribution in [2.75, 3.05) is 14.2 Å². The normalized spacial score (nSPS) is 13.6. The molecule has 3 aromatic carbocycles. The van der Waals surface area contributed by atoms with Crippen molar-refractivity contribution in [1.29, 1.82) is 0 Å². The monoisotopic (exact) mass is 469 g/mol. The molecule has 176 valence electrons. The Morgan fingerprint density at radius 3 is 2.57 bits per heavy atom. The fourth-order valence-corrected chi connectivity index (χ4v) is 4.15. The lowest BCUT2D eigenvalue weighted by Gasteiger charge is -2.08. The molecule has 1 aromatic heterocycles. The number of para-hydroxylation sites is 1. The first-order valence-electron chi connectivity index (χ1n) is 11.1. The van der Waals surface area contributed by atoms with E-state index in [4.69, 9.17) is 18.9 Å². The maximum absolute atomic E-state index is 13.0. The smallest absolute Gasteiger partial charge is 0.347 e. The lowest BCUT2D eigenvalue weighted by molar-refractivity contribution is 0.0731. The Balaban J connectivity index is 1.44. The number of ether oxygens (including phenoxy) is 4. The molecular weight excluding hydrogens is 446 g/mol. The molecule has 5 rings (SSSR count). The number of aromatic nitrogens is 1. The predicted molar refractivity (Wildman–Crippen MR) is 131 cm³/mol. The van der Waals surface area contributed by atoms with Crippen molar-refractivity contribution in [2.24, 2.45) is 0 Å². The summed E-state index contributed by atoms with van der Waals surface area (Å²) in [5, 5.41) is 0.956. The molecule has 0 radical (unpaired) electrons. The molecule has 2 heterocycles. The van der Waals surface area contributed by atoms with Crippen molar-refractivity contribution in [3.05, 3.63) is 89.3 Å². The summed E-state index contributed by atoms with van der Waals surface area (Å²) in [6.07, 6.45) is 3.72. The molecule has 0 amide bonds. The van der Waals surface area contributed by atoms with Crippen LogP contribution >= 0.6 is 0 Å². The molecule has 7 nitrogen and oxygen atoms in total. The second-order valence-electron chi connectivity index (χ2n) is 7.94. The average molecular weight is 469 g/mol. The van der Waals surface area contributed by atoms with E-state index >= 15 is 0 Å². The molecule has 0 N–H and O–H groups in total. The van der Waals surface area contributed by atoms with E-state index < -0.39 is 5.97 Å². The number of benzene rings is 3. The minimum absolute atomic E-state index is 0.200. The van der Waals surface area contributed by atoms with Gasteiger partial charge >= 0.3 is 5.97 Å². The average Bonchev–Trinajstić information content (AvgIpc) is 3.39. The van der Waals surface area contributed by atoms with Gasteiger partial charge in [-0.25, -0.2) is 4.79 Å². The maximum Gasteiger partial charge on any atom is 0.347 e. The number of rotatable bonds is 6. The van der Waals surface area contributed by atoms with Gasteiger partial charge in [0.15, 0.2) is 5.76 Å². The Bertz CT molecular complexity index is 1500. The van der Waals surface area contributed by atoms with Crippen LogP contribution in [0.4, 0.5) is 0 Å². The molecule has 0 atom stereocenters. The summed E-state index contributed by atoms with van der Waals surface area (Å²) in [5.41, 5.74) is 2.59. The van der Waals surface area contributed by atoms with Crippen LogP contribution in [0.3, 0.4) is 0 Å². The van der Waals surface area contributed by atoms with Crippen LogP contribution in [0.2, 0.25) is 0 Å². The van der Waals surface area contributed by atoms with Crippen molar-refractivity contribution < 1.29 is 28.5 Å². The summed E-state index contributed by atoms with van der Waals surface area (Å²) in [6, 6.07) is 17.4. The van der Waals surface area contributed by atoms with Crippen molar-refractivity contribution in [1.82, 2.24) is 4.57 Å². The number of hydrogen-bond acceptors (Lipinski definition) is 6. The summed E-state index contributed by atoms with van der Waals surface area (Å²) in [7, 11) is 3.11. The highest BCUT2D eigenvalue weighted by Crippen LogP contribution is 2.36. The summed E-state index contributed by atoms with van der Waals surface area (Å²) in [5.74, 6) is 1.15. The van der Waals surface area contributed by atoms with E-state index in [2.05, 4.69) is 11.5 Å². The molecule has 0 saturated heterocycles. The topological polar surface area (TPSA) is 76.0 Å². The van der Waals surface area contributed by atoms with Gasteiger partial charge in [0.1, 0.15) is 28.6 Å². The zero-order valence-corrected chi connectivity index (χ0v) is 19.5. The van der Waals surface area contributed by atoms with Gasteiger partial charge in [-0.15, -0.1) is 0 Å². The number of Topliss-reactive ketones (excluding diaryl/α,β-unsaturated/α-hetero) is 1. The molecular formula is C28H23NO6. The SMILES string of the molecule is CCn1cc(C=C2Oc3cc(OC(=O)c4ccccc4OC)ccc3C2=O)c2cc(OC)ccc21. The van der Waals surface area contributed by atoms with E-state index in [-0.39, 0.29) is 17.3 Å². The highest BCUT2D eigenvalue weighted by molar-refractivity contribution is 6.15. The van der Waals surface area contributed by atoms with E-state index in [0.717, 1.165) is 28.8 Å². The number of ketones is 1. The van der Waals surface area contributed by atoms with Gasteiger partial charge in [0.05, 0.1) is 19.8 Å². The third kappa shape index (κ3) is 4.01. The van der Waals surface area contributed by atoms with Gasteiger partial charge in [0, 0.05) is 35.3 Å². The predicted octanol–water partition coefficient (Wildman–Crippen LogP) is 5.51. The van der Waals surface area contributed by atoms with Crippen LogP contribution < -0.4 is 18.9 Å². The summed E-state index contributed by atoms with van der Waals surface area (Å²) in [4.78, 5) is 25.7. The Kier molecular flexibility index (Phi) is 5.74. The molecule has 0 aliphatic carbocycles. The molecule has 0 saturated carbocycles. The van der Waals surface area contributed by atoms with E-state index in [0.29, 0.717) is 22.6 Å². The first-order valence-corrected chi connectivity index (χ1v) is 11.1. The molecule has 35 heavy (non-hydrogen) atoms. The first-order chi connectivity index (χ1) is 17.0. The standard InChI is InChI=1S/C28H23NO6/c1-4-29-16-17(22-14-18(32-2)10-12-23(22)29)13-26-27(30)20-11-9-19(15-25(20)35-26)34-28(31)21-7-5-6-8-24(21)33-3/h5-16H,4H2,1-3H3. The Labute approximate surface area is 202 Å². The van der Waals surface area contributed by atoms with E-state index in [1.807, 2.05) is 24.4 Å². The summed E-state index contributed by atoms with van der Waals surface area (Å²) >= 11 is 0. The van der Waals surface area contributed by atoms with Crippen LogP contribution in [-0.2, 0) is 6.54 Å². The highest BCUT2D eigenvalue weighted by atomic mass is 16.5. The van der Waals surface area contributed by atoms with Gasteiger partial charge in [0.2, 0.25) is 5.78 Å². The minimum Gasteiger partial charge on any atom is -0.497 e. The van der Waals surface area contributed by atoms with Crippen LogP contribution in [0, 0.1) is 0 Å². The van der Waals surface area contributed by atoms with Crippen molar-refractivity contribution in [3.63, 3.8) is 0 Å². The second kappa shape index (κ2) is 9.02. The number of aryl methyl sites for hydroxylation is 1. The van der Waals surface area contributed by atoms with Gasteiger partial charge in [-0.3, -0.25) is 4.79 Å². The van der Waals surface area contributed by atoms with E-state index in [9.17, 15) is 9.59 Å². The van der Waals surface area contributed by atoms with Crippen LogP contribution in [-0.4, -0.2) is 30.5 Å². The van der Waals surface area contributed by atoms with Gasteiger partial charge in [-0.2, -0.15) is 0 Å². The molecule has 1 aliphatic rings. The van der Waals surface area contributed by atoms with Crippen LogP contribution in [0.15, 0.2) is 72.6 Å². The van der Waals surface area contributed by atoms with Gasteiger partial charge < -0.3 is 23.5 Å². The van der Waals surface area contributed by atoms with E-state index in [1.54, 1.807) is 55.7 Å². The fourth-order valence-electron chi connectivity index (χ4n) is 4.15. The van der Waals surface area contributed by atoms with Crippen LogP contribution in [0.5, 0.6) is 23.0 Å². The Morgan fingerprint density at radius 2 is 1.80 bits per heavy atom. The highest BCUT2D eigenvalue weighted by Gasteiger charge is 2.29. The molecule has 0 fully saturated rings. The molecule has 0 unspecified atom stereocenters. The molecule has 7 heteroatoms. The largest absolute Gasteiger partial charge is 0.497 e. The number of fused-ring (bicyclic) bond motifs is 2. The van der Waals surface area contributed by atoms with Crippen molar-refractivity contribution in [3.8, 4) is 23.0 Å². The third-order valence-electron chi connectivity index (χ3n) is 5.93. The number of methoxy groups -OCH3 is 2. The zero-order chi connectivity index (χ0) is 24.5. The number of nitrogens with zero attached hydrogens (tertiary/aromatic N) is 1. The number of carbonyl (C=O) groups is 2. The molecule has 0 bridgehead atoms. The van der Waals surface area contributed by atoms with Gasteiger partial charge in [0.25, 0.3) is 0 Å².